The van der Waals surface area contributed by atoms with Crippen LogP contribution in [-0.2, 0) is 31.8 Å². The van der Waals surface area contributed by atoms with Crippen molar-refractivity contribution in [3.8, 4) is 0 Å². The van der Waals surface area contributed by atoms with E-state index in [2.05, 4.69) is 31.4 Å². The van der Waals surface area contributed by atoms with Crippen molar-refractivity contribution in [2.75, 3.05) is 26.2 Å². The molecule has 4 rings (SSSR count). The fourth-order valence-corrected chi connectivity index (χ4v) is 5.83. The Morgan fingerprint density at radius 3 is 2.35 bits per heavy atom. The Labute approximate surface area is 285 Å². The number of nitrogens with zero attached hydrogens (tertiary/aromatic N) is 2. The molecule has 1 saturated heterocycles. The van der Waals surface area contributed by atoms with E-state index in [0.29, 0.717) is 62.8 Å². The molecule has 1 aromatic heterocycles. The smallest absolute Gasteiger partial charge is 0.410 e. The van der Waals surface area contributed by atoms with E-state index in [-0.39, 0.29) is 54.0 Å². The Kier molecular flexibility index (Phi) is 11.9. The van der Waals surface area contributed by atoms with Gasteiger partial charge in [0.2, 0.25) is 17.7 Å². The number of hydrogen-bond donors (Lipinski definition) is 3. The number of oxazole rings is 1. The molecule has 0 bridgehead atoms. The maximum atomic E-state index is 13.0. The molecule has 2 unspecified atom stereocenters. The van der Waals surface area contributed by atoms with Gasteiger partial charge in [-0.1, -0.05) is 64.1 Å². The van der Waals surface area contributed by atoms with Crippen molar-refractivity contribution in [2.45, 2.75) is 104 Å². The predicted molar refractivity (Wildman–Crippen MR) is 186 cm³/mol. The number of nitrogens with one attached hydrogen (secondary N) is 2. The van der Waals surface area contributed by atoms with Crippen LogP contribution < -0.4 is 10.6 Å². The van der Waals surface area contributed by atoms with Crippen molar-refractivity contribution in [1.82, 2.24) is 20.5 Å². The third kappa shape index (κ3) is 10.5. The highest BCUT2D eigenvalue weighted by Crippen LogP contribution is 2.32. The van der Waals surface area contributed by atoms with Crippen LogP contribution in [0.15, 0.2) is 52.9 Å². The highest BCUT2D eigenvalue weighted by atomic mass is 16.6. The number of rotatable bonds is 12. The number of benzene rings is 2. The number of likely N-dealkylation sites (tertiary alicyclic amines) is 1. The number of aromatic nitrogens is 1. The summed E-state index contributed by atoms with van der Waals surface area (Å²) >= 11 is 0. The average Bonchev–Trinajstić information content (AvgIpc) is 3.47. The minimum atomic E-state index is -1.51. The SMILES string of the molecule is CC(CCNC(=O)C1CCN(C(=O)OC(C)(C)C)CC1)CC(=O)NCC(O)(CCc1ccccc1)c1nc2cc(C(C)(C)C)ccc2o1. The number of amides is 3. The molecule has 0 radical (unpaired) electrons. The zero-order chi connectivity index (χ0) is 35.1. The van der Waals surface area contributed by atoms with Gasteiger partial charge in [-0.25, -0.2) is 9.78 Å². The molecule has 0 spiro atoms. The second kappa shape index (κ2) is 15.5. The van der Waals surface area contributed by atoms with E-state index < -0.39 is 11.2 Å². The fourth-order valence-electron chi connectivity index (χ4n) is 5.83. The quantitative estimate of drug-likeness (QED) is 0.209. The first-order valence-electron chi connectivity index (χ1n) is 17.2. The van der Waals surface area contributed by atoms with Gasteiger partial charge in [-0.2, -0.15) is 0 Å². The molecule has 10 nitrogen and oxygen atoms in total. The van der Waals surface area contributed by atoms with E-state index in [1.165, 1.54) is 0 Å². The highest BCUT2D eigenvalue weighted by molar-refractivity contribution is 5.79. The number of hydrogen-bond acceptors (Lipinski definition) is 7. The standard InChI is InChI=1S/C38H54N4O6/c1-26(16-20-39-33(44)28-17-21-42(22-18-28)35(45)48-37(5,6)7)23-32(43)40-25-38(46,19-15-27-11-9-8-10-12-27)34-41-30-24-29(36(2,3)4)13-14-31(30)47-34/h8-14,24,26,28,46H,15-23,25H2,1-7H3,(H,39,44)(H,40,43). The van der Waals surface area contributed by atoms with Crippen LogP contribution in [0.3, 0.4) is 0 Å². The monoisotopic (exact) mass is 662 g/mol. The number of aryl methyl sites for hydroxylation is 1. The van der Waals surface area contributed by atoms with Crippen LogP contribution in [0.25, 0.3) is 11.1 Å². The average molecular weight is 663 g/mol. The first kappa shape index (κ1) is 36.9. The van der Waals surface area contributed by atoms with Gasteiger partial charge in [0, 0.05) is 32.0 Å². The third-order valence-corrected chi connectivity index (χ3v) is 8.89. The van der Waals surface area contributed by atoms with Crippen LogP contribution in [0.4, 0.5) is 4.79 Å². The molecule has 2 atom stereocenters. The van der Waals surface area contributed by atoms with Gasteiger partial charge < -0.3 is 29.8 Å². The lowest BCUT2D eigenvalue weighted by molar-refractivity contribution is -0.126. The first-order chi connectivity index (χ1) is 22.5. The molecular weight excluding hydrogens is 608 g/mol. The fraction of sp³-hybridized carbons (Fsp3) is 0.579. The maximum Gasteiger partial charge on any atom is 0.410 e. The zero-order valence-electron chi connectivity index (χ0n) is 29.7. The van der Waals surface area contributed by atoms with Crippen LogP contribution in [-0.4, -0.2) is 64.7 Å². The van der Waals surface area contributed by atoms with Gasteiger partial charge in [0.15, 0.2) is 11.2 Å². The molecule has 0 saturated carbocycles. The van der Waals surface area contributed by atoms with Crippen molar-refractivity contribution in [3.63, 3.8) is 0 Å². The summed E-state index contributed by atoms with van der Waals surface area (Å²) in [6, 6.07) is 15.8. The molecule has 0 aliphatic carbocycles. The van der Waals surface area contributed by atoms with Gasteiger partial charge in [0.1, 0.15) is 11.1 Å². The molecule has 3 amide bonds. The second-order valence-corrected chi connectivity index (χ2v) is 15.4. The van der Waals surface area contributed by atoms with Crippen LogP contribution in [0.2, 0.25) is 0 Å². The third-order valence-electron chi connectivity index (χ3n) is 8.89. The van der Waals surface area contributed by atoms with E-state index in [4.69, 9.17) is 14.1 Å². The van der Waals surface area contributed by atoms with E-state index in [0.717, 1.165) is 11.1 Å². The number of fused-ring (bicyclic) bond motifs is 1. The summed E-state index contributed by atoms with van der Waals surface area (Å²) in [5.74, 6) is -0.161. The second-order valence-electron chi connectivity index (χ2n) is 15.4. The molecular formula is C38H54N4O6. The lowest BCUT2D eigenvalue weighted by Gasteiger charge is -2.33. The Morgan fingerprint density at radius 2 is 1.71 bits per heavy atom. The van der Waals surface area contributed by atoms with Crippen molar-refractivity contribution in [2.24, 2.45) is 11.8 Å². The normalized spacial score (nSPS) is 16.3. The first-order valence-corrected chi connectivity index (χ1v) is 17.2. The molecule has 2 aromatic carbocycles. The van der Waals surface area contributed by atoms with Gasteiger partial charge in [-0.15, -0.1) is 0 Å². The highest BCUT2D eigenvalue weighted by Gasteiger charge is 2.36. The van der Waals surface area contributed by atoms with Gasteiger partial charge in [-0.05, 0) is 87.5 Å². The Morgan fingerprint density at radius 1 is 1.02 bits per heavy atom. The molecule has 3 aromatic rings. The van der Waals surface area contributed by atoms with Gasteiger partial charge in [0.25, 0.3) is 0 Å². The van der Waals surface area contributed by atoms with Crippen molar-refractivity contribution >= 4 is 29.0 Å². The van der Waals surface area contributed by atoms with Gasteiger partial charge >= 0.3 is 6.09 Å². The van der Waals surface area contributed by atoms with Crippen LogP contribution >= 0.6 is 0 Å². The number of carbonyl (C=O) groups excluding carboxylic acids is 3. The number of ether oxygens (including phenoxy) is 1. The molecule has 262 valence electrons. The summed E-state index contributed by atoms with van der Waals surface area (Å²) in [7, 11) is 0. The molecule has 48 heavy (non-hydrogen) atoms. The maximum absolute atomic E-state index is 13.0. The van der Waals surface area contributed by atoms with Crippen molar-refractivity contribution in [3.05, 3.63) is 65.5 Å². The summed E-state index contributed by atoms with van der Waals surface area (Å²) in [6.07, 6.45) is 2.62. The van der Waals surface area contributed by atoms with E-state index >= 15 is 0 Å². The van der Waals surface area contributed by atoms with Crippen LogP contribution in [0, 0.1) is 11.8 Å². The largest absolute Gasteiger partial charge is 0.444 e. The Bertz CT molecular complexity index is 1530. The summed E-state index contributed by atoms with van der Waals surface area (Å²) in [5, 5.41) is 17.9. The Hall–Kier alpha value is -3.92. The summed E-state index contributed by atoms with van der Waals surface area (Å²) < 4.78 is 11.5. The lowest BCUT2D eigenvalue weighted by atomic mass is 9.87. The van der Waals surface area contributed by atoms with Gasteiger partial charge in [0.05, 0.1) is 6.54 Å². The van der Waals surface area contributed by atoms with Crippen molar-refractivity contribution in [1.29, 1.82) is 0 Å². The van der Waals surface area contributed by atoms with E-state index in [1.54, 1.807) is 4.90 Å². The molecule has 2 heterocycles. The molecule has 10 heteroatoms. The lowest BCUT2D eigenvalue weighted by Crippen LogP contribution is -2.45. The number of aliphatic hydroxyl groups is 1. The van der Waals surface area contributed by atoms with E-state index in [9.17, 15) is 19.5 Å². The van der Waals surface area contributed by atoms with Crippen LogP contribution in [0.1, 0.15) is 97.6 Å². The molecule has 1 fully saturated rings. The van der Waals surface area contributed by atoms with Crippen molar-refractivity contribution < 1.29 is 28.6 Å². The topological polar surface area (TPSA) is 134 Å². The predicted octanol–water partition coefficient (Wildman–Crippen LogP) is 6.24. The molecule has 3 N–H and O–H groups in total. The van der Waals surface area contributed by atoms with Gasteiger partial charge in [-0.3, -0.25) is 9.59 Å². The molecule has 1 aliphatic heterocycles. The minimum Gasteiger partial charge on any atom is -0.444 e. The number of carbonyl (C=O) groups is 3. The summed E-state index contributed by atoms with van der Waals surface area (Å²) in [6.45, 7) is 15.3. The number of piperidine rings is 1. The summed E-state index contributed by atoms with van der Waals surface area (Å²) in [4.78, 5) is 44.5. The van der Waals surface area contributed by atoms with E-state index in [1.807, 2.05) is 76.2 Å². The Balaban J connectivity index is 1.28. The zero-order valence-corrected chi connectivity index (χ0v) is 29.7. The van der Waals surface area contributed by atoms with Crippen LogP contribution in [0.5, 0.6) is 0 Å². The molecule has 1 aliphatic rings. The minimum absolute atomic E-state index is 0.0110. The summed E-state index contributed by atoms with van der Waals surface area (Å²) in [5.41, 5.74) is 1.32.